The second-order valence-electron chi connectivity index (χ2n) is 8.19. The third kappa shape index (κ3) is 7.07. The van der Waals surface area contributed by atoms with Crippen LogP contribution in [-0.4, -0.2) is 64.6 Å². The van der Waals surface area contributed by atoms with E-state index in [2.05, 4.69) is 38.6 Å². The number of unbranched alkanes of at least 4 members (excludes halogenated alkanes) is 1. The zero-order chi connectivity index (χ0) is 19.1. The Morgan fingerprint density at radius 1 is 1.28 bits per heavy atom. The van der Waals surface area contributed by atoms with Crippen LogP contribution in [0.1, 0.15) is 46.5 Å². The van der Waals surface area contributed by atoms with Gasteiger partial charge in [-0.25, -0.2) is 4.79 Å². The fourth-order valence-electron chi connectivity index (χ4n) is 2.50. The molecule has 0 spiro atoms. The van der Waals surface area contributed by atoms with E-state index in [0.29, 0.717) is 19.6 Å². The summed E-state index contributed by atoms with van der Waals surface area (Å²) in [5.74, 6) is -0.142. The molecule has 0 aliphatic carbocycles. The monoisotopic (exact) mass is 373 g/mol. The molecule has 1 heterocycles. The van der Waals surface area contributed by atoms with Crippen molar-refractivity contribution in [2.45, 2.75) is 70.6 Å². The summed E-state index contributed by atoms with van der Waals surface area (Å²) < 4.78 is 16.1. The molecule has 1 unspecified atom stereocenters. The lowest BCUT2D eigenvalue weighted by Gasteiger charge is -2.38. The number of carbonyl (C=O) groups is 2. The Bertz CT molecular complexity index is 447. The minimum atomic E-state index is -1.79. The SMILES string of the molecule is COC(=O)COCCCCN1C(=O)CCC1CO[Si](C)(C)C(C)(C)C. The molecule has 1 rings (SSSR count). The van der Waals surface area contributed by atoms with Crippen LogP contribution >= 0.6 is 0 Å². The molecule has 0 bridgehead atoms. The smallest absolute Gasteiger partial charge is 0.331 e. The summed E-state index contributed by atoms with van der Waals surface area (Å²) in [7, 11) is -0.445. The van der Waals surface area contributed by atoms with Crippen molar-refractivity contribution in [2.75, 3.05) is 33.5 Å². The highest BCUT2D eigenvalue weighted by Gasteiger charge is 2.39. The molecule has 1 amide bonds. The van der Waals surface area contributed by atoms with E-state index in [1.807, 2.05) is 4.90 Å². The molecule has 146 valence electrons. The molecule has 6 nitrogen and oxygen atoms in total. The van der Waals surface area contributed by atoms with Crippen molar-refractivity contribution >= 4 is 20.2 Å². The minimum absolute atomic E-state index is 0.0118. The van der Waals surface area contributed by atoms with Crippen LogP contribution in [0.2, 0.25) is 18.1 Å². The highest BCUT2D eigenvalue weighted by atomic mass is 28.4. The predicted molar refractivity (Wildman–Crippen MR) is 100.0 cm³/mol. The van der Waals surface area contributed by atoms with Crippen LogP contribution in [0.5, 0.6) is 0 Å². The van der Waals surface area contributed by atoms with E-state index in [0.717, 1.165) is 25.8 Å². The molecule has 0 aromatic rings. The van der Waals surface area contributed by atoms with E-state index in [-0.39, 0.29) is 29.6 Å². The Morgan fingerprint density at radius 2 is 1.96 bits per heavy atom. The highest BCUT2D eigenvalue weighted by Crippen LogP contribution is 2.37. The number of nitrogens with zero attached hydrogens (tertiary/aromatic N) is 1. The van der Waals surface area contributed by atoms with Gasteiger partial charge in [-0.15, -0.1) is 0 Å². The Kier molecular flexibility index (Phi) is 8.57. The molecule has 25 heavy (non-hydrogen) atoms. The number of rotatable bonds is 10. The van der Waals surface area contributed by atoms with Gasteiger partial charge in [-0.2, -0.15) is 0 Å². The average molecular weight is 374 g/mol. The largest absolute Gasteiger partial charge is 0.467 e. The van der Waals surface area contributed by atoms with E-state index in [1.165, 1.54) is 7.11 Å². The maximum atomic E-state index is 12.1. The van der Waals surface area contributed by atoms with Crippen LogP contribution in [-0.2, 0) is 23.5 Å². The van der Waals surface area contributed by atoms with Crippen molar-refractivity contribution in [2.24, 2.45) is 0 Å². The van der Waals surface area contributed by atoms with E-state index in [1.54, 1.807) is 0 Å². The standard InChI is InChI=1S/C18H35NO5Si/c1-18(2,3)25(5,6)24-13-15-9-10-16(20)19(15)11-7-8-12-23-14-17(21)22-4/h15H,7-14H2,1-6H3. The quantitative estimate of drug-likeness (QED) is 0.335. The van der Waals surface area contributed by atoms with Gasteiger partial charge < -0.3 is 18.8 Å². The molecular formula is C18H35NO5Si. The summed E-state index contributed by atoms with van der Waals surface area (Å²) in [5, 5.41) is 0.178. The van der Waals surface area contributed by atoms with E-state index >= 15 is 0 Å². The summed E-state index contributed by atoms with van der Waals surface area (Å²) >= 11 is 0. The summed E-state index contributed by atoms with van der Waals surface area (Å²) in [6.07, 6.45) is 3.18. The number of carbonyl (C=O) groups excluding carboxylic acids is 2. The van der Waals surface area contributed by atoms with Gasteiger partial charge in [-0.05, 0) is 37.4 Å². The Morgan fingerprint density at radius 3 is 2.56 bits per heavy atom. The number of hydrogen-bond acceptors (Lipinski definition) is 5. The predicted octanol–water partition coefficient (Wildman–Crippen LogP) is 2.97. The number of amides is 1. The van der Waals surface area contributed by atoms with Gasteiger partial charge in [0.05, 0.1) is 19.8 Å². The summed E-state index contributed by atoms with van der Waals surface area (Å²) in [5.41, 5.74) is 0. The van der Waals surface area contributed by atoms with Crippen molar-refractivity contribution < 1.29 is 23.5 Å². The van der Waals surface area contributed by atoms with E-state index < -0.39 is 8.32 Å². The number of likely N-dealkylation sites (tertiary alicyclic amines) is 1. The average Bonchev–Trinajstić information content (AvgIpc) is 2.87. The number of methoxy groups -OCH3 is 1. The molecule has 1 aliphatic heterocycles. The summed E-state index contributed by atoms with van der Waals surface area (Å²) in [4.78, 5) is 25.1. The van der Waals surface area contributed by atoms with Gasteiger partial charge >= 0.3 is 5.97 Å². The van der Waals surface area contributed by atoms with Crippen molar-refractivity contribution in [3.63, 3.8) is 0 Å². The molecular weight excluding hydrogens is 338 g/mol. The molecule has 0 aromatic carbocycles. The minimum Gasteiger partial charge on any atom is -0.467 e. The van der Waals surface area contributed by atoms with Gasteiger partial charge in [0.2, 0.25) is 5.91 Å². The maximum Gasteiger partial charge on any atom is 0.331 e. The van der Waals surface area contributed by atoms with Crippen molar-refractivity contribution in [3.05, 3.63) is 0 Å². The van der Waals surface area contributed by atoms with Gasteiger partial charge in [0.1, 0.15) is 6.61 Å². The second kappa shape index (κ2) is 9.69. The van der Waals surface area contributed by atoms with Gasteiger partial charge in [-0.1, -0.05) is 20.8 Å². The molecule has 0 saturated carbocycles. The second-order valence-corrected chi connectivity index (χ2v) is 13.0. The molecule has 1 aliphatic rings. The lowest BCUT2D eigenvalue weighted by molar-refractivity contribution is -0.145. The Hall–Kier alpha value is -0.923. The molecule has 0 radical (unpaired) electrons. The van der Waals surface area contributed by atoms with Crippen molar-refractivity contribution in [3.8, 4) is 0 Å². The van der Waals surface area contributed by atoms with Crippen molar-refractivity contribution in [1.29, 1.82) is 0 Å². The molecule has 0 aromatic heterocycles. The fraction of sp³-hybridized carbons (Fsp3) is 0.889. The number of hydrogen-bond donors (Lipinski definition) is 0. The van der Waals surface area contributed by atoms with Crippen LogP contribution in [0.25, 0.3) is 0 Å². The molecule has 7 heteroatoms. The topological polar surface area (TPSA) is 65.1 Å². The Balaban J connectivity index is 2.34. The van der Waals surface area contributed by atoms with Gasteiger partial charge in [-0.3, -0.25) is 4.79 Å². The first kappa shape index (κ1) is 22.1. The van der Waals surface area contributed by atoms with Gasteiger partial charge in [0, 0.05) is 19.6 Å². The third-order valence-electron chi connectivity index (χ3n) is 5.28. The molecule has 1 fully saturated rings. The summed E-state index contributed by atoms with van der Waals surface area (Å²) in [6, 6.07) is 0.192. The molecule has 1 atom stereocenters. The van der Waals surface area contributed by atoms with Crippen LogP contribution in [0, 0.1) is 0 Å². The normalized spacial score (nSPS) is 18.7. The molecule has 0 N–H and O–H groups in total. The zero-order valence-corrected chi connectivity index (χ0v) is 17.7. The first-order valence-electron chi connectivity index (χ1n) is 9.16. The van der Waals surface area contributed by atoms with Crippen LogP contribution in [0.15, 0.2) is 0 Å². The third-order valence-corrected chi connectivity index (χ3v) is 9.78. The van der Waals surface area contributed by atoms with Gasteiger partial charge in [0.25, 0.3) is 0 Å². The van der Waals surface area contributed by atoms with Gasteiger partial charge in [0.15, 0.2) is 8.32 Å². The van der Waals surface area contributed by atoms with E-state index in [9.17, 15) is 9.59 Å². The van der Waals surface area contributed by atoms with Crippen molar-refractivity contribution in [1.82, 2.24) is 4.90 Å². The van der Waals surface area contributed by atoms with Crippen LogP contribution < -0.4 is 0 Å². The first-order chi connectivity index (χ1) is 11.6. The van der Waals surface area contributed by atoms with Crippen LogP contribution in [0.3, 0.4) is 0 Å². The fourth-order valence-corrected chi connectivity index (χ4v) is 3.54. The molecule has 1 saturated heterocycles. The number of ether oxygens (including phenoxy) is 2. The lowest BCUT2D eigenvalue weighted by atomic mass is 10.2. The van der Waals surface area contributed by atoms with Crippen LogP contribution in [0.4, 0.5) is 0 Å². The number of esters is 1. The summed E-state index contributed by atoms with van der Waals surface area (Å²) in [6.45, 7) is 13.0. The first-order valence-corrected chi connectivity index (χ1v) is 12.1. The van der Waals surface area contributed by atoms with E-state index in [4.69, 9.17) is 9.16 Å². The highest BCUT2D eigenvalue weighted by molar-refractivity contribution is 6.74. The lowest BCUT2D eigenvalue weighted by Crippen LogP contribution is -2.45. The maximum absolute atomic E-state index is 12.1. The zero-order valence-electron chi connectivity index (χ0n) is 16.7. The Labute approximate surface area is 153 Å².